The van der Waals surface area contributed by atoms with Crippen molar-refractivity contribution in [1.82, 2.24) is 10.2 Å². The van der Waals surface area contributed by atoms with Gasteiger partial charge in [0.25, 0.3) is 0 Å². The topological polar surface area (TPSA) is 94.2 Å². The van der Waals surface area contributed by atoms with E-state index in [9.17, 15) is 14.4 Å². The molecule has 2 unspecified atom stereocenters. The molecule has 8 heteroatoms. The molecule has 1 N–H and O–H groups in total. The van der Waals surface area contributed by atoms with Crippen LogP contribution in [0.3, 0.4) is 0 Å². The molecule has 0 radical (unpaired) electrons. The van der Waals surface area contributed by atoms with Crippen LogP contribution in [0.2, 0.25) is 0 Å². The first-order chi connectivity index (χ1) is 19.3. The molecular formula is C33H54N2O6. The Bertz CT molecular complexity index is 1020. The molecule has 0 spiro atoms. The number of carbonyl (C=O) groups is 3. The highest BCUT2D eigenvalue weighted by Gasteiger charge is 2.68. The summed E-state index contributed by atoms with van der Waals surface area (Å²) in [6.45, 7) is 14.7. The zero-order valence-electron chi connectivity index (χ0n) is 26.7. The standard InChI is InChI=1S/C33H54N2O6/c1-9-10-14-31(5)18-26(41-30(38)34-29(37)24-19-35(7)17-13-21(24)2)32(6)22(3)11-15-33(16-12-25(36)27(32)33)23(4)28(31)40-20-39-8/h10,14,21-24,26-28H,9,11-13,15-20H2,1-8H3,(H,34,37,38)/b14-10+/t21-,22+,23-,24-,26+,27?,28-,31+,32-,33?/m0/s1. The Kier molecular flexibility index (Phi) is 9.77. The monoisotopic (exact) mass is 574 g/mol. The number of hydrogen-bond donors (Lipinski definition) is 1. The number of piperidine rings is 1. The summed E-state index contributed by atoms with van der Waals surface area (Å²) >= 11 is 0. The van der Waals surface area contributed by atoms with E-state index in [1.807, 2.05) is 7.05 Å². The van der Waals surface area contributed by atoms with Gasteiger partial charge < -0.3 is 19.1 Å². The Labute approximate surface area is 247 Å². The summed E-state index contributed by atoms with van der Waals surface area (Å²) in [6, 6.07) is 0. The lowest BCUT2D eigenvalue weighted by atomic mass is 9.44. The number of nitrogens with zero attached hydrogens (tertiary/aromatic N) is 1. The average Bonchev–Trinajstić information content (AvgIpc) is 3.28. The van der Waals surface area contributed by atoms with Crippen LogP contribution in [0, 0.1) is 45.8 Å². The lowest BCUT2D eigenvalue weighted by Crippen LogP contribution is -2.63. The molecule has 10 atom stereocenters. The maximum Gasteiger partial charge on any atom is 0.414 e. The van der Waals surface area contributed by atoms with Crippen molar-refractivity contribution in [1.29, 1.82) is 0 Å². The molecule has 1 saturated heterocycles. The van der Waals surface area contributed by atoms with Crippen molar-refractivity contribution >= 4 is 17.8 Å². The average molecular weight is 575 g/mol. The summed E-state index contributed by atoms with van der Waals surface area (Å²) in [6.07, 6.45) is 8.42. The number of amides is 2. The highest BCUT2D eigenvalue weighted by atomic mass is 16.7. The van der Waals surface area contributed by atoms with E-state index in [4.69, 9.17) is 14.2 Å². The number of rotatable bonds is 7. The molecule has 1 heterocycles. The number of Topliss-reactive ketones (excluding diaryl/α,β-unsaturated/α-hetero) is 1. The van der Waals surface area contributed by atoms with E-state index in [2.05, 4.69) is 63.9 Å². The summed E-state index contributed by atoms with van der Waals surface area (Å²) in [4.78, 5) is 42.8. The second-order valence-electron chi connectivity index (χ2n) is 14.3. The van der Waals surface area contributed by atoms with Crippen molar-refractivity contribution < 1.29 is 28.6 Å². The van der Waals surface area contributed by atoms with E-state index in [0.717, 1.165) is 38.6 Å². The minimum Gasteiger partial charge on any atom is -0.445 e. The fourth-order valence-corrected chi connectivity index (χ4v) is 9.23. The van der Waals surface area contributed by atoms with Crippen molar-refractivity contribution in [2.24, 2.45) is 45.8 Å². The zero-order chi connectivity index (χ0) is 30.2. The van der Waals surface area contributed by atoms with Gasteiger partial charge in [0, 0.05) is 36.8 Å². The molecule has 4 rings (SSSR count). The van der Waals surface area contributed by atoms with Gasteiger partial charge in [0.05, 0.1) is 12.0 Å². The third-order valence-corrected chi connectivity index (χ3v) is 11.9. The Morgan fingerprint density at radius 1 is 1.15 bits per heavy atom. The van der Waals surface area contributed by atoms with Gasteiger partial charge >= 0.3 is 6.09 Å². The van der Waals surface area contributed by atoms with Crippen LogP contribution in [-0.2, 0) is 23.8 Å². The van der Waals surface area contributed by atoms with E-state index in [1.54, 1.807) is 7.11 Å². The predicted molar refractivity (Wildman–Crippen MR) is 158 cm³/mol. The summed E-state index contributed by atoms with van der Waals surface area (Å²) in [7, 11) is 3.63. The van der Waals surface area contributed by atoms with Gasteiger partial charge in [0.2, 0.25) is 5.91 Å². The van der Waals surface area contributed by atoms with Crippen LogP contribution in [0.4, 0.5) is 4.79 Å². The molecule has 1 aliphatic heterocycles. The zero-order valence-corrected chi connectivity index (χ0v) is 26.7. The first-order valence-electron chi connectivity index (χ1n) is 15.8. The van der Waals surface area contributed by atoms with Gasteiger partial charge in [0.1, 0.15) is 18.7 Å². The number of carbonyl (C=O) groups excluding carboxylic acids is 3. The Balaban J connectivity index is 1.73. The van der Waals surface area contributed by atoms with E-state index in [-0.39, 0.29) is 59.6 Å². The smallest absolute Gasteiger partial charge is 0.414 e. The van der Waals surface area contributed by atoms with E-state index in [0.29, 0.717) is 19.4 Å². The van der Waals surface area contributed by atoms with Gasteiger partial charge in [-0.2, -0.15) is 0 Å². The lowest BCUT2D eigenvalue weighted by Gasteiger charge is -2.62. The second-order valence-corrected chi connectivity index (χ2v) is 14.3. The largest absolute Gasteiger partial charge is 0.445 e. The van der Waals surface area contributed by atoms with Gasteiger partial charge in [-0.1, -0.05) is 53.7 Å². The van der Waals surface area contributed by atoms with Crippen LogP contribution < -0.4 is 5.32 Å². The number of ether oxygens (including phenoxy) is 3. The maximum atomic E-state index is 13.8. The first kappa shape index (κ1) is 32.2. The normalized spacial score (nSPS) is 43.3. The minimum atomic E-state index is -0.708. The number of allylic oxidation sites excluding steroid dienone is 1. The molecule has 0 aromatic heterocycles. The quantitative estimate of drug-likeness (QED) is 0.313. The molecule has 3 aliphatic carbocycles. The second kappa shape index (κ2) is 12.5. The summed E-state index contributed by atoms with van der Waals surface area (Å²) in [5, 5.41) is 2.60. The van der Waals surface area contributed by atoms with Crippen molar-refractivity contribution in [3.8, 4) is 0 Å². The van der Waals surface area contributed by atoms with Gasteiger partial charge in [0.15, 0.2) is 0 Å². The van der Waals surface area contributed by atoms with Crippen LogP contribution in [0.15, 0.2) is 12.2 Å². The highest BCUT2D eigenvalue weighted by Crippen LogP contribution is 2.68. The molecule has 4 aliphatic rings. The number of ketones is 1. The third kappa shape index (κ3) is 5.77. The van der Waals surface area contributed by atoms with Crippen LogP contribution in [0.25, 0.3) is 0 Å². The molecular weight excluding hydrogens is 520 g/mol. The van der Waals surface area contributed by atoms with E-state index >= 15 is 0 Å². The Morgan fingerprint density at radius 2 is 1.88 bits per heavy atom. The molecule has 8 nitrogen and oxygen atoms in total. The van der Waals surface area contributed by atoms with Gasteiger partial charge in [-0.25, -0.2) is 4.79 Å². The van der Waals surface area contributed by atoms with Crippen molar-refractivity contribution in [3.63, 3.8) is 0 Å². The van der Waals surface area contributed by atoms with Crippen LogP contribution in [-0.4, -0.2) is 68.9 Å². The molecule has 4 fully saturated rings. The highest BCUT2D eigenvalue weighted by molar-refractivity contribution is 5.93. The summed E-state index contributed by atoms with van der Waals surface area (Å²) < 4.78 is 18.3. The number of hydrogen-bond acceptors (Lipinski definition) is 7. The molecule has 2 bridgehead atoms. The molecule has 3 saturated carbocycles. The Hall–Kier alpha value is -1.77. The maximum absolute atomic E-state index is 13.8. The molecule has 2 amide bonds. The number of nitrogens with one attached hydrogen (secondary N) is 1. The SMILES string of the molecule is CC/C=C/[C@]1(C)C[C@@H](OC(=O)NC(=O)[C@H]2CN(C)CC[C@@H]2C)[C@@]2(C)C3C(=O)CCC3(CC[C@H]2C)[C@@H](C)[C@@H]1OCOC. The molecule has 0 aromatic rings. The van der Waals surface area contributed by atoms with E-state index < -0.39 is 23.0 Å². The van der Waals surface area contributed by atoms with Gasteiger partial charge in [-0.15, -0.1) is 0 Å². The van der Waals surface area contributed by atoms with Crippen molar-refractivity contribution in [2.75, 3.05) is 34.0 Å². The summed E-state index contributed by atoms with van der Waals surface area (Å²) in [5.41, 5.74) is -1.29. The van der Waals surface area contributed by atoms with Gasteiger partial charge in [-0.3, -0.25) is 14.9 Å². The molecule has 0 aromatic carbocycles. The summed E-state index contributed by atoms with van der Waals surface area (Å²) in [5.74, 6) is -0.0415. The number of imide groups is 1. The van der Waals surface area contributed by atoms with E-state index in [1.165, 1.54) is 0 Å². The number of alkyl carbamates (subject to hydrolysis) is 1. The fraction of sp³-hybridized carbons (Fsp3) is 0.848. The minimum absolute atomic E-state index is 0.105. The first-order valence-corrected chi connectivity index (χ1v) is 15.8. The van der Waals surface area contributed by atoms with Crippen LogP contribution >= 0.6 is 0 Å². The lowest BCUT2D eigenvalue weighted by molar-refractivity contribution is -0.214. The van der Waals surface area contributed by atoms with Crippen molar-refractivity contribution in [2.45, 2.75) is 98.7 Å². The number of likely N-dealkylation sites (tertiary alicyclic amines) is 1. The predicted octanol–water partition coefficient (Wildman–Crippen LogP) is 5.60. The molecule has 232 valence electrons. The fourth-order valence-electron chi connectivity index (χ4n) is 9.23. The Morgan fingerprint density at radius 3 is 2.56 bits per heavy atom. The number of methoxy groups -OCH3 is 1. The molecule has 41 heavy (non-hydrogen) atoms. The van der Waals surface area contributed by atoms with Crippen LogP contribution in [0.5, 0.6) is 0 Å². The van der Waals surface area contributed by atoms with Crippen LogP contribution in [0.1, 0.15) is 86.5 Å². The van der Waals surface area contributed by atoms with Crippen molar-refractivity contribution in [3.05, 3.63) is 12.2 Å². The third-order valence-electron chi connectivity index (χ3n) is 11.9. The van der Waals surface area contributed by atoms with Gasteiger partial charge in [-0.05, 0) is 75.3 Å².